The van der Waals surface area contributed by atoms with Crippen LogP contribution in [-0.4, -0.2) is 10.1 Å². The molecule has 1 heterocycles. The van der Waals surface area contributed by atoms with Crippen LogP contribution in [0.2, 0.25) is 0 Å². The van der Waals surface area contributed by atoms with Crippen molar-refractivity contribution in [1.82, 2.24) is 4.98 Å². The maximum atomic E-state index is 10.3. The van der Waals surface area contributed by atoms with Crippen molar-refractivity contribution in [2.45, 2.75) is 26.4 Å². The SMILES string of the molecule is CCC[n+]1c(NCc2c(O)ccc3ccccc23)[nH]c2ccccc21. The number of benzene rings is 3. The second-order valence-electron chi connectivity index (χ2n) is 6.28. The molecule has 3 aromatic carbocycles. The number of hydrogen-bond donors (Lipinski definition) is 3. The van der Waals surface area contributed by atoms with Crippen molar-refractivity contribution < 1.29 is 9.67 Å². The summed E-state index contributed by atoms with van der Waals surface area (Å²) >= 11 is 0. The molecule has 0 spiro atoms. The van der Waals surface area contributed by atoms with Crippen LogP contribution in [0.25, 0.3) is 21.8 Å². The molecule has 0 bridgehead atoms. The molecule has 4 nitrogen and oxygen atoms in total. The lowest BCUT2D eigenvalue weighted by molar-refractivity contribution is -0.657. The summed E-state index contributed by atoms with van der Waals surface area (Å²) in [7, 11) is 0. The quantitative estimate of drug-likeness (QED) is 0.476. The Labute approximate surface area is 146 Å². The maximum Gasteiger partial charge on any atom is 0.356 e. The molecule has 126 valence electrons. The first-order valence-electron chi connectivity index (χ1n) is 8.72. The Bertz CT molecular complexity index is 1040. The number of aromatic nitrogens is 2. The zero-order chi connectivity index (χ0) is 17.2. The number of aromatic amines is 1. The number of aryl methyl sites for hydroxylation is 1. The van der Waals surface area contributed by atoms with Crippen molar-refractivity contribution in [3.8, 4) is 5.75 Å². The number of H-pyrrole nitrogens is 1. The van der Waals surface area contributed by atoms with E-state index in [-0.39, 0.29) is 0 Å². The van der Waals surface area contributed by atoms with E-state index in [1.165, 1.54) is 5.52 Å². The molecule has 0 aliphatic rings. The fourth-order valence-electron chi connectivity index (χ4n) is 3.41. The van der Waals surface area contributed by atoms with E-state index in [2.05, 4.69) is 52.1 Å². The zero-order valence-corrected chi connectivity index (χ0v) is 14.3. The predicted molar refractivity (Wildman–Crippen MR) is 102 cm³/mol. The van der Waals surface area contributed by atoms with Gasteiger partial charge in [-0.1, -0.05) is 49.4 Å². The molecule has 4 aromatic rings. The van der Waals surface area contributed by atoms with Crippen LogP contribution in [0.5, 0.6) is 5.75 Å². The van der Waals surface area contributed by atoms with Gasteiger partial charge in [0.05, 0.1) is 13.1 Å². The van der Waals surface area contributed by atoms with E-state index in [1.807, 2.05) is 24.3 Å². The molecule has 4 heteroatoms. The summed E-state index contributed by atoms with van der Waals surface area (Å²) in [5, 5.41) is 16.0. The minimum absolute atomic E-state index is 0.323. The summed E-state index contributed by atoms with van der Waals surface area (Å²) in [4.78, 5) is 3.46. The van der Waals surface area contributed by atoms with Gasteiger partial charge >= 0.3 is 5.95 Å². The van der Waals surface area contributed by atoms with Crippen molar-refractivity contribution >= 4 is 27.8 Å². The summed E-state index contributed by atoms with van der Waals surface area (Å²) in [5.74, 6) is 1.29. The van der Waals surface area contributed by atoms with Gasteiger partial charge in [-0.05, 0) is 35.4 Å². The van der Waals surface area contributed by atoms with Crippen molar-refractivity contribution in [3.63, 3.8) is 0 Å². The second kappa shape index (κ2) is 6.48. The molecule has 4 rings (SSSR count). The molecule has 0 saturated heterocycles. The molecular weight excluding hydrogens is 310 g/mol. The molecule has 0 aliphatic carbocycles. The van der Waals surface area contributed by atoms with Crippen LogP contribution in [0.15, 0.2) is 60.7 Å². The Kier molecular flexibility index (Phi) is 4.02. The van der Waals surface area contributed by atoms with Gasteiger partial charge in [0.25, 0.3) is 0 Å². The predicted octanol–water partition coefficient (Wildman–Crippen LogP) is 4.34. The largest absolute Gasteiger partial charge is 0.508 e. The highest BCUT2D eigenvalue weighted by Crippen LogP contribution is 2.27. The third-order valence-electron chi connectivity index (χ3n) is 4.61. The number of anilines is 1. The zero-order valence-electron chi connectivity index (χ0n) is 14.3. The molecule has 1 aromatic heterocycles. The minimum atomic E-state index is 0.323. The van der Waals surface area contributed by atoms with Gasteiger partial charge in [0, 0.05) is 5.56 Å². The van der Waals surface area contributed by atoms with Gasteiger partial charge < -0.3 is 5.11 Å². The third-order valence-corrected chi connectivity index (χ3v) is 4.61. The highest BCUT2D eigenvalue weighted by Gasteiger charge is 2.17. The summed E-state index contributed by atoms with van der Waals surface area (Å²) in [6.45, 7) is 3.67. The van der Waals surface area contributed by atoms with Crippen LogP contribution in [0, 0.1) is 0 Å². The van der Waals surface area contributed by atoms with Crippen LogP contribution in [0.1, 0.15) is 18.9 Å². The lowest BCUT2D eigenvalue weighted by Crippen LogP contribution is -2.35. The van der Waals surface area contributed by atoms with E-state index < -0.39 is 0 Å². The van der Waals surface area contributed by atoms with Crippen LogP contribution in [0.4, 0.5) is 5.95 Å². The number of phenols is 1. The van der Waals surface area contributed by atoms with Crippen LogP contribution >= 0.6 is 0 Å². The van der Waals surface area contributed by atoms with E-state index in [1.54, 1.807) is 6.07 Å². The first-order chi connectivity index (χ1) is 12.3. The Morgan fingerprint density at radius 2 is 1.80 bits per heavy atom. The van der Waals surface area contributed by atoms with Gasteiger partial charge in [0.2, 0.25) is 0 Å². The van der Waals surface area contributed by atoms with Gasteiger partial charge in [-0.3, -0.25) is 5.32 Å². The van der Waals surface area contributed by atoms with Crippen LogP contribution in [-0.2, 0) is 13.1 Å². The standard InChI is InChI=1S/C21H21N3O/c1-2-13-24-19-10-6-5-9-18(19)23-21(24)22-14-17-16-8-4-3-7-15(16)11-12-20(17)25/h3-12H,2,13-14H2,1H3,(H2,22,23,25)/p+1. The van der Waals surface area contributed by atoms with Gasteiger partial charge in [-0.2, -0.15) is 0 Å². The average Bonchev–Trinajstić information content (AvgIpc) is 2.99. The number of imidazole rings is 1. The van der Waals surface area contributed by atoms with Crippen LogP contribution < -0.4 is 9.88 Å². The van der Waals surface area contributed by atoms with Gasteiger partial charge in [0.15, 0.2) is 0 Å². The number of para-hydroxylation sites is 2. The molecule has 0 fully saturated rings. The molecular formula is C21H22N3O+. The first kappa shape index (κ1) is 15.5. The lowest BCUT2D eigenvalue weighted by Gasteiger charge is -2.09. The van der Waals surface area contributed by atoms with Crippen molar-refractivity contribution in [1.29, 1.82) is 0 Å². The summed E-state index contributed by atoms with van der Waals surface area (Å²) in [6, 6.07) is 20.2. The number of phenolic OH excluding ortho intramolecular Hbond substituents is 1. The number of hydrogen-bond acceptors (Lipinski definition) is 2. The average molecular weight is 332 g/mol. The molecule has 25 heavy (non-hydrogen) atoms. The highest BCUT2D eigenvalue weighted by molar-refractivity contribution is 5.87. The minimum Gasteiger partial charge on any atom is -0.508 e. The summed E-state index contributed by atoms with van der Waals surface area (Å²) in [5.41, 5.74) is 3.22. The topological polar surface area (TPSA) is 51.9 Å². The molecule has 0 atom stereocenters. The maximum absolute atomic E-state index is 10.3. The van der Waals surface area contributed by atoms with Gasteiger partial charge in [-0.25, -0.2) is 9.55 Å². The Balaban J connectivity index is 1.71. The first-order valence-corrected chi connectivity index (χ1v) is 8.72. The van der Waals surface area contributed by atoms with Crippen molar-refractivity contribution in [2.75, 3.05) is 5.32 Å². The van der Waals surface area contributed by atoms with E-state index in [9.17, 15) is 5.11 Å². The Morgan fingerprint density at radius 1 is 1.00 bits per heavy atom. The number of nitrogens with zero attached hydrogens (tertiary/aromatic N) is 1. The second-order valence-corrected chi connectivity index (χ2v) is 6.28. The van der Waals surface area contributed by atoms with Crippen molar-refractivity contribution in [2.24, 2.45) is 0 Å². The molecule has 0 unspecified atom stereocenters. The van der Waals surface area contributed by atoms with Crippen LogP contribution in [0.3, 0.4) is 0 Å². The molecule has 3 N–H and O–H groups in total. The van der Waals surface area contributed by atoms with Gasteiger partial charge in [0.1, 0.15) is 16.8 Å². The Morgan fingerprint density at radius 3 is 2.68 bits per heavy atom. The fraction of sp³-hybridized carbons (Fsp3) is 0.190. The van der Waals surface area contributed by atoms with Gasteiger partial charge in [-0.15, -0.1) is 0 Å². The number of nitrogens with one attached hydrogen (secondary N) is 2. The molecule has 0 radical (unpaired) electrons. The van der Waals surface area contributed by atoms with E-state index in [4.69, 9.17) is 0 Å². The number of aromatic hydroxyl groups is 1. The third kappa shape index (κ3) is 2.80. The number of rotatable bonds is 5. The summed E-state index contributed by atoms with van der Waals surface area (Å²) < 4.78 is 2.26. The lowest BCUT2D eigenvalue weighted by atomic mass is 10.0. The van der Waals surface area contributed by atoms with E-state index in [0.29, 0.717) is 12.3 Å². The van der Waals surface area contributed by atoms with E-state index in [0.717, 1.165) is 40.8 Å². The molecule has 0 aliphatic heterocycles. The molecule has 0 saturated carbocycles. The fourth-order valence-corrected chi connectivity index (χ4v) is 3.41. The monoisotopic (exact) mass is 332 g/mol. The molecule has 0 amide bonds. The smallest absolute Gasteiger partial charge is 0.356 e. The Hall–Kier alpha value is -3.01. The normalized spacial score (nSPS) is 11.2. The summed E-state index contributed by atoms with van der Waals surface area (Å²) in [6.07, 6.45) is 1.06. The van der Waals surface area contributed by atoms with E-state index >= 15 is 0 Å². The highest BCUT2D eigenvalue weighted by atomic mass is 16.3. The number of fused-ring (bicyclic) bond motifs is 2. The van der Waals surface area contributed by atoms with Crippen molar-refractivity contribution in [3.05, 3.63) is 66.2 Å².